The predicted octanol–water partition coefficient (Wildman–Crippen LogP) is 7.04. The van der Waals surface area contributed by atoms with Crippen LogP contribution in [0, 0.1) is 18.3 Å². The molecule has 33 heavy (non-hydrogen) atoms. The molecule has 3 aromatic rings. The van der Waals surface area contributed by atoms with E-state index in [-0.39, 0.29) is 39.8 Å². The smallest absolute Gasteiger partial charge is 0.383 e. The molecule has 0 atom stereocenters. The first-order valence-corrected chi connectivity index (χ1v) is 9.13. The van der Waals surface area contributed by atoms with Gasteiger partial charge in [0.25, 0.3) is 0 Å². The standard InChI is InChI=1S/C21H14F6N6/c1-11-16(10-28)18(29)31-19(30-14-6-2-4-12(8-14)20(22,23)24)17(11)33-32-15-7-3-5-13(9-15)21(25,26)27/h2-9H,1H3,(H3,29,30,31). The van der Waals surface area contributed by atoms with E-state index in [4.69, 9.17) is 5.73 Å². The van der Waals surface area contributed by atoms with Crippen molar-refractivity contribution in [2.24, 2.45) is 10.2 Å². The van der Waals surface area contributed by atoms with Crippen LogP contribution in [0.2, 0.25) is 0 Å². The van der Waals surface area contributed by atoms with Gasteiger partial charge in [-0.3, -0.25) is 0 Å². The first kappa shape index (κ1) is 23.5. The summed E-state index contributed by atoms with van der Waals surface area (Å²) in [5.74, 6) is -0.332. The number of nitriles is 1. The Balaban J connectivity index is 2.07. The van der Waals surface area contributed by atoms with Crippen LogP contribution in [0.25, 0.3) is 0 Å². The second-order valence-electron chi connectivity index (χ2n) is 6.76. The number of nitrogens with one attached hydrogen (secondary N) is 1. The molecule has 0 aliphatic rings. The van der Waals surface area contributed by atoms with E-state index in [9.17, 15) is 31.6 Å². The molecule has 1 aromatic heterocycles. The van der Waals surface area contributed by atoms with Crippen LogP contribution in [0.15, 0.2) is 58.8 Å². The number of nitrogens with zero attached hydrogens (tertiary/aromatic N) is 4. The minimum Gasteiger partial charge on any atom is -0.383 e. The van der Waals surface area contributed by atoms with Crippen molar-refractivity contribution in [1.29, 1.82) is 5.26 Å². The highest BCUT2D eigenvalue weighted by atomic mass is 19.4. The number of aromatic nitrogens is 1. The van der Waals surface area contributed by atoms with Crippen molar-refractivity contribution in [3.05, 3.63) is 70.8 Å². The maximum absolute atomic E-state index is 13.0. The molecule has 0 radical (unpaired) electrons. The van der Waals surface area contributed by atoms with Crippen LogP contribution in [-0.2, 0) is 12.4 Å². The zero-order chi connectivity index (χ0) is 24.4. The Bertz CT molecular complexity index is 1260. The summed E-state index contributed by atoms with van der Waals surface area (Å²) in [6, 6.07) is 10.1. The van der Waals surface area contributed by atoms with E-state index in [1.165, 1.54) is 25.1 Å². The summed E-state index contributed by atoms with van der Waals surface area (Å²) in [5.41, 5.74) is 3.85. The summed E-state index contributed by atoms with van der Waals surface area (Å²) in [4.78, 5) is 3.99. The highest BCUT2D eigenvalue weighted by Gasteiger charge is 2.31. The van der Waals surface area contributed by atoms with E-state index in [1.54, 1.807) is 0 Å². The van der Waals surface area contributed by atoms with E-state index >= 15 is 0 Å². The highest BCUT2D eigenvalue weighted by molar-refractivity contribution is 5.77. The van der Waals surface area contributed by atoms with Crippen LogP contribution in [0.1, 0.15) is 22.3 Å². The topological polar surface area (TPSA) is 99.5 Å². The fraction of sp³-hybridized carbons (Fsp3) is 0.143. The third-order valence-electron chi connectivity index (χ3n) is 4.45. The highest BCUT2D eigenvalue weighted by Crippen LogP contribution is 2.37. The molecule has 0 fully saturated rings. The van der Waals surface area contributed by atoms with E-state index in [2.05, 4.69) is 20.5 Å². The molecular formula is C21H14F6N6. The molecule has 0 saturated carbocycles. The minimum atomic E-state index is -4.59. The molecule has 0 aliphatic heterocycles. The Labute approximate surface area is 183 Å². The van der Waals surface area contributed by atoms with E-state index < -0.39 is 23.5 Å². The van der Waals surface area contributed by atoms with Gasteiger partial charge < -0.3 is 11.1 Å². The van der Waals surface area contributed by atoms with Crippen molar-refractivity contribution >= 4 is 28.7 Å². The van der Waals surface area contributed by atoms with Gasteiger partial charge in [0.2, 0.25) is 0 Å². The Morgan fingerprint density at radius 1 is 0.939 bits per heavy atom. The van der Waals surface area contributed by atoms with Gasteiger partial charge in [0.05, 0.1) is 22.4 Å². The van der Waals surface area contributed by atoms with Crippen LogP contribution in [0.3, 0.4) is 0 Å². The summed E-state index contributed by atoms with van der Waals surface area (Å²) in [6.07, 6.45) is -9.18. The fourth-order valence-corrected chi connectivity index (χ4v) is 2.83. The molecule has 170 valence electrons. The lowest BCUT2D eigenvalue weighted by atomic mass is 10.1. The molecule has 12 heteroatoms. The van der Waals surface area contributed by atoms with Crippen molar-refractivity contribution in [3.8, 4) is 6.07 Å². The Morgan fingerprint density at radius 3 is 2.15 bits per heavy atom. The third-order valence-corrected chi connectivity index (χ3v) is 4.45. The third kappa shape index (κ3) is 5.38. The lowest BCUT2D eigenvalue weighted by Crippen LogP contribution is -2.06. The molecule has 1 heterocycles. The number of rotatable bonds is 4. The zero-order valence-electron chi connectivity index (χ0n) is 16.8. The Kier molecular flexibility index (Phi) is 6.25. The molecule has 2 aromatic carbocycles. The molecular weight excluding hydrogens is 450 g/mol. The SMILES string of the molecule is Cc1c(C#N)c(N)nc(Nc2cccc(C(F)(F)F)c2)c1N=Nc1cccc(C(F)(F)F)c1. The van der Waals surface area contributed by atoms with E-state index in [1.807, 2.05) is 6.07 Å². The van der Waals surface area contributed by atoms with Crippen molar-refractivity contribution in [1.82, 2.24) is 4.98 Å². The van der Waals surface area contributed by atoms with Gasteiger partial charge in [0.15, 0.2) is 5.82 Å². The number of alkyl halides is 6. The maximum atomic E-state index is 13.0. The van der Waals surface area contributed by atoms with Crippen LogP contribution in [0.4, 0.5) is 55.0 Å². The van der Waals surface area contributed by atoms with Gasteiger partial charge in [0.1, 0.15) is 17.6 Å². The van der Waals surface area contributed by atoms with Gasteiger partial charge >= 0.3 is 12.4 Å². The summed E-state index contributed by atoms with van der Waals surface area (Å²) in [7, 11) is 0. The van der Waals surface area contributed by atoms with Crippen molar-refractivity contribution < 1.29 is 26.3 Å². The number of azo groups is 1. The average molecular weight is 464 g/mol. The molecule has 6 nitrogen and oxygen atoms in total. The van der Waals surface area contributed by atoms with Gasteiger partial charge in [0, 0.05) is 11.3 Å². The first-order chi connectivity index (χ1) is 15.4. The quantitative estimate of drug-likeness (QED) is 0.319. The summed E-state index contributed by atoms with van der Waals surface area (Å²) in [6.45, 7) is 1.45. The van der Waals surface area contributed by atoms with Crippen LogP contribution in [-0.4, -0.2) is 4.98 Å². The van der Waals surface area contributed by atoms with Crippen molar-refractivity contribution in [2.75, 3.05) is 11.1 Å². The van der Waals surface area contributed by atoms with Gasteiger partial charge in [-0.05, 0) is 43.3 Å². The van der Waals surface area contributed by atoms with Gasteiger partial charge in [-0.2, -0.15) is 36.7 Å². The molecule has 0 amide bonds. The van der Waals surface area contributed by atoms with E-state index in [0.717, 1.165) is 30.3 Å². The monoisotopic (exact) mass is 464 g/mol. The molecule has 3 rings (SSSR count). The first-order valence-electron chi connectivity index (χ1n) is 9.13. The second kappa shape index (κ2) is 8.78. The van der Waals surface area contributed by atoms with Gasteiger partial charge in [-0.15, -0.1) is 5.11 Å². The summed E-state index contributed by atoms with van der Waals surface area (Å²) in [5, 5.41) is 19.7. The number of hydrogen-bond donors (Lipinski definition) is 2. The zero-order valence-corrected chi connectivity index (χ0v) is 16.8. The Hall–Kier alpha value is -4.14. The van der Waals surface area contributed by atoms with Crippen LogP contribution in [0.5, 0.6) is 0 Å². The molecule has 0 aliphatic carbocycles. The number of anilines is 3. The minimum absolute atomic E-state index is 0.00338. The van der Waals surface area contributed by atoms with Gasteiger partial charge in [-0.25, -0.2) is 4.98 Å². The summed E-state index contributed by atoms with van der Waals surface area (Å²) >= 11 is 0. The van der Waals surface area contributed by atoms with Gasteiger partial charge in [-0.1, -0.05) is 12.1 Å². The normalized spacial score (nSPS) is 12.1. The van der Waals surface area contributed by atoms with Crippen LogP contribution >= 0.6 is 0 Å². The average Bonchev–Trinajstić information content (AvgIpc) is 2.73. The number of nitrogen functional groups attached to an aromatic ring is 1. The lowest BCUT2D eigenvalue weighted by molar-refractivity contribution is -0.138. The second-order valence-corrected chi connectivity index (χ2v) is 6.76. The molecule has 0 unspecified atom stereocenters. The van der Waals surface area contributed by atoms with Crippen LogP contribution < -0.4 is 11.1 Å². The maximum Gasteiger partial charge on any atom is 0.416 e. The van der Waals surface area contributed by atoms with E-state index in [0.29, 0.717) is 0 Å². The number of nitrogens with two attached hydrogens (primary N) is 1. The number of pyridine rings is 1. The largest absolute Gasteiger partial charge is 0.416 e. The number of halogens is 6. The summed E-state index contributed by atoms with van der Waals surface area (Å²) < 4.78 is 77.9. The molecule has 0 spiro atoms. The lowest BCUT2D eigenvalue weighted by Gasteiger charge is -2.14. The molecule has 3 N–H and O–H groups in total. The predicted molar refractivity (Wildman–Crippen MR) is 108 cm³/mol. The number of benzene rings is 2. The number of hydrogen-bond acceptors (Lipinski definition) is 6. The molecule has 0 bridgehead atoms. The fourth-order valence-electron chi connectivity index (χ4n) is 2.83. The van der Waals surface area contributed by atoms with Crippen molar-refractivity contribution in [2.45, 2.75) is 19.3 Å². The Morgan fingerprint density at radius 2 is 1.55 bits per heavy atom. The van der Waals surface area contributed by atoms with Crippen molar-refractivity contribution in [3.63, 3.8) is 0 Å². The molecule has 0 saturated heterocycles.